The SMILES string of the molecule is Cc1cc(C)c2[nH]c(C(=O)N3CC[C@H](Oc4ccccc4)[C@@](C)(O)C3)c(C)c2c1. The number of amides is 1. The average molecular weight is 392 g/mol. The molecular weight excluding hydrogens is 364 g/mol. The van der Waals surface area contributed by atoms with E-state index in [9.17, 15) is 9.90 Å². The Morgan fingerprint density at radius 1 is 1.21 bits per heavy atom. The number of carbonyl (C=O) groups is 1. The molecule has 0 spiro atoms. The van der Waals surface area contributed by atoms with E-state index in [1.807, 2.05) is 37.3 Å². The summed E-state index contributed by atoms with van der Waals surface area (Å²) in [6.45, 7) is 8.61. The third-order valence-electron chi connectivity index (χ3n) is 5.90. The summed E-state index contributed by atoms with van der Waals surface area (Å²) in [5, 5.41) is 12.1. The first-order valence-electron chi connectivity index (χ1n) is 10.1. The number of benzene rings is 2. The third-order valence-corrected chi connectivity index (χ3v) is 5.90. The van der Waals surface area contributed by atoms with E-state index in [4.69, 9.17) is 4.74 Å². The van der Waals surface area contributed by atoms with Gasteiger partial charge in [-0.15, -0.1) is 0 Å². The van der Waals surface area contributed by atoms with Gasteiger partial charge in [0, 0.05) is 23.9 Å². The van der Waals surface area contributed by atoms with Gasteiger partial charge in [-0.1, -0.05) is 29.8 Å². The summed E-state index contributed by atoms with van der Waals surface area (Å²) in [6.07, 6.45) is 0.216. The van der Waals surface area contributed by atoms with Gasteiger partial charge in [0.1, 0.15) is 23.1 Å². The van der Waals surface area contributed by atoms with Crippen LogP contribution in [0.2, 0.25) is 0 Å². The molecule has 1 aromatic heterocycles. The lowest BCUT2D eigenvalue weighted by atomic mass is 9.91. The Morgan fingerprint density at radius 2 is 1.93 bits per heavy atom. The number of aliphatic hydroxyl groups is 1. The Bertz CT molecular complexity index is 1050. The number of nitrogens with zero attached hydrogens (tertiary/aromatic N) is 1. The predicted octanol–water partition coefficient (Wildman–Crippen LogP) is 4.14. The van der Waals surface area contributed by atoms with Crippen LogP contribution in [0, 0.1) is 20.8 Å². The smallest absolute Gasteiger partial charge is 0.270 e. The van der Waals surface area contributed by atoms with E-state index >= 15 is 0 Å². The third kappa shape index (κ3) is 3.62. The molecule has 3 aromatic rings. The van der Waals surface area contributed by atoms with Crippen LogP contribution in [0.25, 0.3) is 10.9 Å². The Morgan fingerprint density at radius 3 is 2.62 bits per heavy atom. The summed E-state index contributed by atoms with van der Waals surface area (Å²) in [7, 11) is 0. The summed E-state index contributed by atoms with van der Waals surface area (Å²) >= 11 is 0. The van der Waals surface area contributed by atoms with Gasteiger partial charge in [-0.2, -0.15) is 0 Å². The van der Waals surface area contributed by atoms with Gasteiger partial charge in [-0.05, 0) is 57.0 Å². The maximum absolute atomic E-state index is 13.3. The van der Waals surface area contributed by atoms with Crippen LogP contribution in [0.4, 0.5) is 0 Å². The molecule has 0 unspecified atom stereocenters. The van der Waals surface area contributed by atoms with E-state index < -0.39 is 5.60 Å². The van der Waals surface area contributed by atoms with Crippen LogP contribution >= 0.6 is 0 Å². The van der Waals surface area contributed by atoms with Crippen molar-refractivity contribution in [2.75, 3.05) is 13.1 Å². The highest BCUT2D eigenvalue weighted by Crippen LogP contribution is 2.30. The lowest BCUT2D eigenvalue weighted by Gasteiger charge is -2.42. The zero-order valence-corrected chi connectivity index (χ0v) is 17.5. The van der Waals surface area contributed by atoms with Crippen LogP contribution in [0.3, 0.4) is 0 Å². The number of carbonyl (C=O) groups excluding carboxylic acids is 1. The molecule has 0 radical (unpaired) electrons. The first-order valence-corrected chi connectivity index (χ1v) is 10.1. The first-order chi connectivity index (χ1) is 13.8. The number of aryl methyl sites for hydroxylation is 3. The quantitative estimate of drug-likeness (QED) is 0.704. The van der Waals surface area contributed by atoms with Crippen LogP contribution < -0.4 is 4.74 Å². The van der Waals surface area contributed by atoms with Crippen LogP contribution in [0.1, 0.15) is 40.5 Å². The fourth-order valence-corrected chi connectivity index (χ4v) is 4.33. The second-order valence-electron chi connectivity index (χ2n) is 8.42. The maximum Gasteiger partial charge on any atom is 0.270 e. The lowest BCUT2D eigenvalue weighted by Crippen LogP contribution is -2.58. The number of piperidine rings is 1. The van der Waals surface area contributed by atoms with Crippen molar-refractivity contribution in [2.45, 2.75) is 45.8 Å². The van der Waals surface area contributed by atoms with Crippen molar-refractivity contribution in [3.8, 4) is 5.75 Å². The number of H-pyrrole nitrogens is 1. The Kier molecular flexibility index (Phi) is 4.87. The van der Waals surface area contributed by atoms with Crippen LogP contribution in [-0.4, -0.2) is 45.7 Å². The molecule has 1 aliphatic heterocycles. The summed E-state index contributed by atoms with van der Waals surface area (Å²) in [5.41, 5.74) is 3.74. The van der Waals surface area contributed by atoms with Crippen molar-refractivity contribution in [1.29, 1.82) is 0 Å². The van der Waals surface area contributed by atoms with E-state index in [0.717, 1.165) is 27.8 Å². The van der Waals surface area contributed by atoms with Gasteiger partial charge in [0.25, 0.3) is 5.91 Å². The minimum absolute atomic E-state index is 0.0748. The van der Waals surface area contributed by atoms with Crippen molar-refractivity contribution in [2.24, 2.45) is 0 Å². The highest BCUT2D eigenvalue weighted by atomic mass is 16.5. The molecule has 4 rings (SSSR count). The van der Waals surface area contributed by atoms with Crippen molar-refractivity contribution < 1.29 is 14.6 Å². The Balaban J connectivity index is 1.56. The second-order valence-corrected chi connectivity index (χ2v) is 8.42. The minimum Gasteiger partial charge on any atom is -0.487 e. The molecular formula is C24H28N2O3. The fourth-order valence-electron chi connectivity index (χ4n) is 4.33. The van der Waals surface area contributed by atoms with Crippen LogP contribution in [0.15, 0.2) is 42.5 Å². The number of likely N-dealkylation sites (tertiary alicyclic amines) is 1. The highest BCUT2D eigenvalue weighted by Gasteiger charge is 2.42. The van der Waals surface area contributed by atoms with Gasteiger partial charge in [-0.25, -0.2) is 0 Å². The molecule has 5 nitrogen and oxygen atoms in total. The summed E-state index contributed by atoms with van der Waals surface area (Å²) in [5.74, 6) is 0.657. The normalized spacial score (nSPS) is 22.1. The molecule has 1 fully saturated rings. The van der Waals surface area contributed by atoms with E-state index in [1.165, 1.54) is 5.56 Å². The maximum atomic E-state index is 13.3. The molecule has 0 bridgehead atoms. The van der Waals surface area contributed by atoms with Crippen molar-refractivity contribution in [3.05, 3.63) is 64.8 Å². The molecule has 0 aliphatic carbocycles. The molecule has 1 aliphatic rings. The molecule has 1 saturated heterocycles. The van der Waals surface area contributed by atoms with Crippen molar-refractivity contribution in [3.63, 3.8) is 0 Å². The number of aromatic amines is 1. The van der Waals surface area contributed by atoms with Gasteiger partial charge in [-0.3, -0.25) is 4.79 Å². The standard InChI is InChI=1S/C24H28N2O3/c1-15-12-16(2)21-19(13-15)17(3)22(25-21)23(27)26-11-10-20(24(4,28)14-26)29-18-8-6-5-7-9-18/h5-9,12-13,20,25,28H,10-11,14H2,1-4H3/t20-,24-/m0/s1. The minimum atomic E-state index is -1.13. The van der Waals surface area contributed by atoms with E-state index in [0.29, 0.717) is 18.7 Å². The van der Waals surface area contributed by atoms with E-state index in [1.54, 1.807) is 11.8 Å². The van der Waals surface area contributed by atoms with Gasteiger partial charge < -0.3 is 19.7 Å². The molecule has 152 valence electrons. The van der Waals surface area contributed by atoms with Crippen molar-refractivity contribution >= 4 is 16.8 Å². The number of aromatic nitrogens is 1. The number of hydrogen-bond acceptors (Lipinski definition) is 3. The van der Waals surface area contributed by atoms with Gasteiger partial charge in [0.15, 0.2) is 0 Å². The second kappa shape index (κ2) is 7.23. The van der Waals surface area contributed by atoms with E-state index in [-0.39, 0.29) is 18.6 Å². The Hall–Kier alpha value is -2.79. The number of para-hydroxylation sites is 1. The molecule has 0 saturated carbocycles. The summed E-state index contributed by atoms with van der Waals surface area (Å²) in [6, 6.07) is 13.7. The van der Waals surface area contributed by atoms with E-state index in [2.05, 4.69) is 31.0 Å². The van der Waals surface area contributed by atoms with Crippen LogP contribution in [0.5, 0.6) is 5.75 Å². The number of rotatable bonds is 3. The van der Waals surface area contributed by atoms with Crippen molar-refractivity contribution in [1.82, 2.24) is 9.88 Å². The number of ether oxygens (including phenoxy) is 1. The predicted molar refractivity (Wildman–Crippen MR) is 115 cm³/mol. The number of hydrogen-bond donors (Lipinski definition) is 2. The summed E-state index contributed by atoms with van der Waals surface area (Å²) in [4.78, 5) is 18.3. The molecule has 1 amide bonds. The molecule has 2 heterocycles. The zero-order chi connectivity index (χ0) is 20.8. The lowest BCUT2D eigenvalue weighted by molar-refractivity contribution is -0.0900. The van der Waals surface area contributed by atoms with Gasteiger partial charge >= 0.3 is 0 Å². The first kappa shape index (κ1) is 19.5. The molecule has 2 atom stereocenters. The Labute approximate surface area is 171 Å². The fraction of sp³-hybridized carbons (Fsp3) is 0.375. The number of β-amino-alcohol motifs (C(OH)–C–C–N with tert-alkyl or cyclic N) is 1. The summed E-state index contributed by atoms with van der Waals surface area (Å²) < 4.78 is 6.01. The molecule has 29 heavy (non-hydrogen) atoms. The number of fused-ring (bicyclic) bond motifs is 1. The topological polar surface area (TPSA) is 65.6 Å². The largest absolute Gasteiger partial charge is 0.487 e. The molecule has 2 N–H and O–H groups in total. The van der Waals surface area contributed by atoms with Gasteiger partial charge in [0.05, 0.1) is 6.54 Å². The van der Waals surface area contributed by atoms with Crippen LogP contribution in [-0.2, 0) is 0 Å². The van der Waals surface area contributed by atoms with Gasteiger partial charge in [0.2, 0.25) is 0 Å². The zero-order valence-electron chi connectivity index (χ0n) is 17.5. The molecule has 2 aromatic carbocycles. The number of nitrogens with one attached hydrogen (secondary N) is 1. The monoisotopic (exact) mass is 392 g/mol. The molecule has 5 heteroatoms. The average Bonchev–Trinajstić information content (AvgIpc) is 3.00. The highest BCUT2D eigenvalue weighted by molar-refractivity contribution is 6.01.